The topological polar surface area (TPSA) is 82.2 Å². The molecule has 2 aromatic heterocycles. The van der Waals surface area contributed by atoms with E-state index in [1.54, 1.807) is 18.3 Å². The zero-order valence-corrected chi connectivity index (χ0v) is 15.9. The van der Waals surface area contributed by atoms with Gasteiger partial charge >= 0.3 is 5.97 Å². The minimum absolute atomic E-state index is 0.00674. The zero-order chi connectivity index (χ0) is 20.7. The maximum Gasteiger partial charge on any atom is 0.339 e. The van der Waals surface area contributed by atoms with Crippen LogP contribution in [0.5, 0.6) is 0 Å². The molecular formula is C21H14F2N2O3S. The Balaban J connectivity index is 1.76. The third-order valence-corrected chi connectivity index (χ3v) is 5.52. The number of nitrogens with one attached hydrogen (secondary N) is 2. The lowest BCUT2D eigenvalue weighted by Gasteiger charge is -2.08. The third kappa shape index (κ3) is 3.17. The number of aromatic carboxylic acids is 1. The van der Waals surface area contributed by atoms with Crippen molar-refractivity contribution in [2.45, 2.75) is 6.92 Å². The number of para-hydroxylation sites is 1. The second-order valence-corrected chi connectivity index (χ2v) is 7.30. The van der Waals surface area contributed by atoms with Gasteiger partial charge in [-0.2, -0.15) is 0 Å². The van der Waals surface area contributed by atoms with E-state index in [4.69, 9.17) is 0 Å². The monoisotopic (exact) mass is 412 g/mol. The lowest BCUT2D eigenvalue weighted by molar-refractivity contribution is 0.0699. The summed E-state index contributed by atoms with van der Waals surface area (Å²) in [5.41, 5.74) is 0.618. The molecule has 0 radical (unpaired) electrons. The van der Waals surface area contributed by atoms with Gasteiger partial charge in [-0.15, -0.1) is 11.3 Å². The zero-order valence-electron chi connectivity index (χ0n) is 15.0. The number of aromatic nitrogens is 1. The molecule has 2 aromatic carbocycles. The van der Waals surface area contributed by atoms with Crippen LogP contribution in [0.15, 0.2) is 48.0 Å². The Kier molecular flexibility index (Phi) is 4.63. The highest BCUT2D eigenvalue weighted by Crippen LogP contribution is 2.38. The molecule has 29 heavy (non-hydrogen) atoms. The maximum absolute atomic E-state index is 14.4. The summed E-state index contributed by atoms with van der Waals surface area (Å²) in [5.74, 6) is -4.02. The maximum atomic E-state index is 14.4. The molecule has 8 heteroatoms. The summed E-state index contributed by atoms with van der Waals surface area (Å²) in [6.07, 6.45) is 1.70. The molecule has 0 saturated carbocycles. The van der Waals surface area contributed by atoms with Gasteiger partial charge in [-0.25, -0.2) is 13.6 Å². The van der Waals surface area contributed by atoms with Gasteiger partial charge in [0.05, 0.1) is 11.1 Å². The van der Waals surface area contributed by atoms with E-state index >= 15 is 0 Å². The van der Waals surface area contributed by atoms with Gasteiger partial charge in [0.25, 0.3) is 5.91 Å². The predicted molar refractivity (Wildman–Crippen MR) is 108 cm³/mol. The second-order valence-electron chi connectivity index (χ2n) is 6.42. The first kappa shape index (κ1) is 18.8. The fourth-order valence-corrected chi connectivity index (χ4v) is 4.11. The Bertz CT molecular complexity index is 1280. The number of hydrogen-bond donors (Lipinski definition) is 3. The molecule has 0 saturated heterocycles. The van der Waals surface area contributed by atoms with Crippen molar-refractivity contribution < 1.29 is 23.5 Å². The van der Waals surface area contributed by atoms with E-state index in [-0.39, 0.29) is 27.3 Å². The Hall–Kier alpha value is -3.52. The van der Waals surface area contributed by atoms with Gasteiger partial charge in [-0.05, 0) is 24.6 Å². The quantitative estimate of drug-likeness (QED) is 0.418. The number of aryl methyl sites for hydroxylation is 1. The van der Waals surface area contributed by atoms with E-state index in [2.05, 4.69) is 10.3 Å². The van der Waals surface area contributed by atoms with Crippen molar-refractivity contribution in [3.05, 3.63) is 76.3 Å². The average Bonchev–Trinajstić information content (AvgIpc) is 3.33. The highest BCUT2D eigenvalue weighted by atomic mass is 32.1. The highest BCUT2D eigenvalue weighted by molar-refractivity contribution is 7.15. The van der Waals surface area contributed by atoms with Crippen LogP contribution in [-0.2, 0) is 0 Å². The predicted octanol–water partition coefficient (Wildman–Crippen LogP) is 5.43. The second kappa shape index (κ2) is 7.14. The van der Waals surface area contributed by atoms with Crippen LogP contribution in [0.25, 0.3) is 22.0 Å². The van der Waals surface area contributed by atoms with E-state index in [0.29, 0.717) is 11.1 Å². The van der Waals surface area contributed by atoms with Crippen molar-refractivity contribution in [2.75, 3.05) is 5.32 Å². The van der Waals surface area contributed by atoms with Crippen LogP contribution in [0.3, 0.4) is 0 Å². The van der Waals surface area contributed by atoms with E-state index < -0.39 is 23.5 Å². The molecule has 5 nitrogen and oxygen atoms in total. The summed E-state index contributed by atoms with van der Waals surface area (Å²) in [6.45, 7) is 1.42. The number of thiophene rings is 1. The van der Waals surface area contributed by atoms with E-state index in [1.165, 1.54) is 24.4 Å². The lowest BCUT2D eigenvalue weighted by atomic mass is 10.0. The first-order chi connectivity index (χ1) is 13.9. The summed E-state index contributed by atoms with van der Waals surface area (Å²) in [7, 11) is 0. The highest BCUT2D eigenvalue weighted by Gasteiger charge is 2.25. The minimum atomic E-state index is -1.35. The van der Waals surface area contributed by atoms with Crippen LogP contribution in [0.1, 0.15) is 26.3 Å². The molecule has 0 atom stereocenters. The summed E-state index contributed by atoms with van der Waals surface area (Å²) in [6, 6.07) is 9.68. The number of amides is 1. The molecule has 0 aliphatic carbocycles. The molecule has 3 N–H and O–H groups in total. The molecule has 1 amide bonds. The number of halogens is 2. The molecule has 146 valence electrons. The van der Waals surface area contributed by atoms with Gasteiger partial charge < -0.3 is 15.4 Å². The van der Waals surface area contributed by atoms with Crippen LogP contribution >= 0.6 is 11.3 Å². The van der Waals surface area contributed by atoms with Gasteiger partial charge in [0, 0.05) is 28.1 Å². The largest absolute Gasteiger partial charge is 0.478 e. The molecule has 4 aromatic rings. The van der Waals surface area contributed by atoms with Crippen LogP contribution in [0.2, 0.25) is 0 Å². The SMILES string of the molecule is Cc1ccc(-c2csc(NC(=O)c3cccc4cc[nH]c34)c2C(=O)O)c(F)c1F. The third-order valence-electron chi connectivity index (χ3n) is 4.63. The number of hydrogen-bond acceptors (Lipinski definition) is 3. The fraction of sp³-hybridized carbons (Fsp3) is 0.0476. The summed E-state index contributed by atoms with van der Waals surface area (Å²) in [5, 5.41) is 14.5. The standard InChI is InChI=1S/C21H14F2N2O3S/c1-10-5-6-12(17(23)16(10)22)14-9-29-20(15(14)21(27)28)25-19(26)13-4-2-3-11-7-8-24-18(11)13/h2-9,24H,1H3,(H,25,26)(H,27,28). The molecule has 0 bridgehead atoms. The van der Waals surface area contributed by atoms with Crippen molar-refractivity contribution >= 4 is 39.1 Å². The normalized spacial score (nSPS) is 11.0. The molecule has 0 fully saturated rings. The molecule has 2 heterocycles. The number of anilines is 1. The molecule has 0 aliphatic heterocycles. The molecule has 4 rings (SSSR count). The van der Waals surface area contributed by atoms with Gasteiger partial charge in [-0.1, -0.05) is 24.3 Å². The first-order valence-corrected chi connectivity index (χ1v) is 9.43. The number of aromatic amines is 1. The van der Waals surface area contributed by atoms with Crippen molar-refractivity contribution in [3.63, 3.8) is 0 Å². The lowest BCUT2D eigenvalue weighted by Crippen LogP contribution is -2.14. The number of rotatable bonds is 4. The molecule has 0 aliphatic rings. The van der Waals surface area contributed by atoms with E-state index in [0.717, 1.165) is 16.7 Å². The number of carboxylic acid groups (broad SMARTS) is 1. The molecule has 0 spiro atoms. The van der Waals surface area contributed by atoms with Crippen molar-refractivity contribution in [3.8, 4) is 11.1 Å². The smallest absolute Gasteiger partial charge is 0.339 e. The van der Waals surface area contributed by atoms with Gasteiger partial charge in [0.15, 0.2) is 11.6 Å². The van der Waals surface area contributed by atoms with Crippen molar-refractivity contribution in [1.29, 1.82) is 0 Å². The molecule has 0 unspecified atom stereocenters. The van der Waals surface area contributed by atoms with Crippen LogP contribution < -0.4 is 5.32 Å². The van der Waals surface area contributed by atoms with E-state index in [1.807, 2.05) is 12.1 Å². The van der Waals surface area contributed by atoms with Crippen molar-refractivity contribution in [2.24, 2.45) is 0 Å². The van der Waals surface area contributed by atoms with Crippen LogP contribution in [0, 0.1) is 18.6 Å². The summed E-state index contributed by atoms with van der Waals surface area (Å²) >= 11 is 0.936. The summed E-state index contributed by atoms with van der Waals surface area (Å²) in [4.78, 5) is 27.6. The average molecular weight is 412 g/mol. The summed E-state index contributed by atoms with van der Waals surface area (Å²) < 4.78 is 28.4. The minimum Gasteiger partial charge on any atom is -0.478 e. The number of carboxylic acids is 1. The number of carbonyl (C=O) groups excluding carboxylic acids is 1. The Morgan fingerprint density at radius 1 is 1.07 bits per heavy atom. The van der Waals surface area contributed by atoms with E-state index in [9.17, 15) is 23.5 Å². The van der Waals surface area contributed by atoms with Crippen LogP contribution in [0.4, 0.5) is 13.8 Å². The van der Waals surface area contributed by atoms with Gasteiger partial charge in [0.2, 0.25) is 0 Å². The molecular weight excluding hydrogens is 398 g/mol. The number of benzene rings is 2. The van der Waals surface area contributed by atoms with Gasteiger partial charge in [0.1, 0.15) is 10.6 Å². The fourth-order valence-electron chi connectivity index (χ4n) is 3.16. The Labute approximate surface area is 167 Å². The van der Waals surface area contributed by atoms with Gasteiger partial charge in [-0.3, -0.25) is 4.79 Å². The van der Waals surface area contributed by atoms with Crippen molar-refractivity contribution in [1.82, 2.24) is 4.98 Å². The van der Waals surface area contributed by atoms with Crippen LogP contribution in [-0.4, -0.2) is 22.0 Å². The number of fused-ring (bicyclic) bond motifs is 1. The number of carbonyl (C=O) groups is 2. The Morgan fingerprint density at radius 2 is 1.86 bits per heavy atom. The number of H-pyrrole nitrogens is 1. The first-order valence-electron chi connectivity index (χ1n) is 8.55. The Morgan fingerprint density at radius 3 is 2.62 bits per heavy atom.